The molecule has 5 aliphatic rings. The smallest absolute Gasteiger partial charge is 0.410 e. The molecule has 0 aromatic heterocycles. The maximum atomic E-state index is 14.4. The first-order valence-corrected chi connectivity index (χ1v) is 33.2. The molecule has 4 heterocycles. The third-order valence-corrected chi connectivity index (χ3v) is 16.7. The first-order valence-electron chi connectivity index (χ1n) is 33.2. The zero-order valence-electron chi connectivity index (χ0n) is 56.2. The third-order valence-electron chi connectivity index (χ3n) is 16.7. The Bertz CT molecular complexity index is 3610. The minimum absolute atomic E-state index is 0.0382. The minimum atomic E-state index is -2.24. The largest absolute Gasteiger partial charge is 0.445 e. The third kappa shape index (κ3) is 21.7. The van der Waals surface area contributed by atoms with Crippen LogP contribution in [-0.2, 0) is 94.7 Å². The molecule has 0 bridgehead atoms. The van der Waals surface area contributed by atoms with E-state index >= 15 is 0 Å². The first-order chi connectivity index (χ1) is 49.1. The molecule has 3 fully saturated rings. The van der Waals surface area contributed by atoms with Gasteiger partial charge in [-0.25, -0.2) is 28.8 Å². The van der Waals surface area contributed by atoms with Gasteiger partial charge in [-0.1, -0.05) is 176 Å². The molecule has 5 aromatic rings. The molecule has 4 aliphatic heterocycles. The van der Waals surface area contributed by atoms with Gasteiger partial charge in [0.05, 0.1) is 57.1 Å². The number of nitrogens with one attached hydrogen (secondary N) is 6. The van der Waals surface area contributed by atoms with Gasteiger partial charge in [0.1, 0.15) is 87.3 Å². The predicted molar refractivity (Wildman–Crippen MR) is 357 cm³/mol. The Hall–Kier alpha value is -9.73. The van der Waals surface area contributed by atoms with Gasteiger partial charge in [-0.2, -0.15) is 0 Å². The number of benzene rings is 5. The molecule has 1 saturated carbocycles. The fourth-order valence-electron chi connectivity index (χ4n) is 11.5. The molecular formula is C72H85N7O23. The molecule has 102 heavy (non-hydrogen) atoms. The van der Waals surface area contributed by atoms with E-state index in [1.807, 2.05) is 12.1 Å². The summed E-state index contributed by atoms with van der Waals surface area (Å²) in [4.78, 5) is 96.2. The Kier molecular flexibility index (Phi) is 26.3. The van der Waals surface area contributed by atoms with Gasteiger partial charge in [0.25, 0.3) is 5.91 Å². The van der Waals surface area contributed by atoms with E-state index in [0.29, 0.717) is 22.3 Å². The van der Waals surface area contributed by atoms with Gasteiger partial charge in [-0.05, 0) is 55.0 Å². The highest BCUT2D eigenvalue weighted by Gasteiger charge is 2.57. The zero-order valence-corrected chi connectivity index (χ0v) is 56.2. The van der Waals surface area contributed by atoms with Crippen molar-refractivity contribution in [3.05, 3.63) is 204 Å². The number of alkyl carbamates (subject to hydrolysis) is 5. The van der Waals surface area contributed by atoms with Crippen molar-refractivity contribution < 1.29 is 111 Å². The van der Waals surface area contributed by atoms with Gasteiger partial charge >= 0.3 is 36.6 Å². The maximum Gasteiger partial charge on any atom is 0.410 e. The molecule has 0 radical (unpaired) electrons. The number of rotatable bonds is 26. The van der Waals surface area contributed by atoms with Crippen molar-refractivity contribution in [1.82, 2.24) is 36.8 Å². The number of aliphatic hydroxyl groups excluding tert-OH is 3. The summed E-state index contributed by atoms with van der Waals surface area (Å²) in [6.07, 6.45) is -17.6. The second kappa shape index (κ2) is 35.7. The van der Waals surface area contributed by atoms with Crippen molar-refractivity contribution >= 4 is 42.5 Å². The van der Waals surface area contributed by atoms with Crippen molar-refractivity contribution in [2.75, 3.05) is 32.8 Å². The molecule has 10 N–H and O–H groups in total. The molecule has 30 nitrogen and oxygen atoms in total. The van der Waals surface area contributed by atoms with Crippen LogP contribution < -0.4 is 31.9 Å². The highest BCUT2D eigenvalue weighted by atomic mass is 16.8. The molecule has 10 rings (SSSR count). The van der Waals surface area contributed by atoms with Gasteiger partial charge in [0, 0.05) is 0 Å². The minimum Gasteiger partial charge on any atom is -0.445 e. The van der Waals surface area contributed by atoms with Crippen molar-refractivity contribution in [2.24, 2.45) is 0 Å². The lowest BCUT2D eigenvalue weighted by molar-refractivity contribution is -0.282. The van der Waals surface area contributed by atoms with Crippen LogP contribution >= 0.6 is 0 Å². The number of ether oxygens (including phenoxy) is 12. The molecule has 5 aromatic carbocycles. The quantitative estimate of drug-likeness (QED) is 0.0264. The average molecular weight is 1420 g/mol. The number of carbonyl (C=O) groups excluding carboxylic acids is 7. The van der Waals surface area contributed by atoms with Gasteiger partial charge in [0.2, 0.25) is 0 Å². The average Bonchev–Trinajstić information content (AvgIpc) is 0.949. The van der Waals surface area contributed by atoms with E-state index in [0.717, 1.165) is 10.5 Å². The van der Waals surface area contributed by atoms with Crippen LogP contribution in [0.1, 0.15) is 55.0 Å². The number of amides is 7. The number of hydrogen-bond donors (Lipinski definition) is 10. The molecule has 0 unspecified atom stereocenters. The fraction of sp³-hybridized carbons (Fsp3) is 0.431. The summed E-state index contributed by atoms with van der Waals surface area (Å²) in [7, 11) is 0. The number of hydrogen-bond acceptors (Lipinski definition) is 23. The normalized spacial score (nSPS) is 26.3. The number of carbonyl (C=O) groups is 7. The number of β-amino-alcohol motifs (C(OH)–C–C–N with tert-alkyl or cyclic N) is 1. The molecule has 15 atom stereocenters. The second-order valence-electron chi connectivity index (χ2n) is 25.7. The van der Waals surface area contributed by atoms with Gasteiger partial charge in [-0.15, -0.1) is 0 Å². The molecule has 2 saturated heterocycles. The summed E-state index contributed by atoms with van der Waals surface area (Å²) in [6, 6.07) is 38.8. The van der Waals surface area contributed by atoms with Gasteiger partial charge in [-0.3, -0.25) is 4.79 Å². The zero-order chi connectivity index (χ0) is 72.2. The van der Waals surface area contributed by atoms with E-state index in [-0.39, 0.29) is 46.1 Å². The van der Waals surface area contributed by atoms with Crippen molar-refractivity contribution in [2.45, 2.75) is 163 Å². The summed E-state index contributed by atoms with van der Waals surface area (Å²) >= 11 is 0. The lowest BCUT2D eigenvalue weighted by Crippen LogP contribution is -2.73. The van der Waals surface area contributed by atoms with Gasteiger partial charge < -0.3 is 114 Å². The second-order valence-corrected chi connectivity index (χ2v) is 25.7. The van der Waals surface area contributed by atoms with Crippen LogP contribution in [0.5, 0.6) is 0 Å². The molecule has 1 aliphatic carbocycles. The highest BCUT2D eigenvalue weighted by molar-refractivity contribution is 5.89. The van der Waals surface area contributed by atoms with Crippen LogP contribution in [0.25, 0.3) is 0 Å². The molecule has 0 spiro atoms. The molecule has 30 heteroatoms. The standard InChI is InChI=1S/C72H85N7O23/c1-71(2,3)102-70(89)79-42-72(90,43-79)64(83)75-53-33-54(78-69(88)95-41-48-27-17-8-18-28-48)58(99-61-51(76-67(86)93-39-46-23-13-6-14-24-46)31-29-49(96-61)34-73-65(84)91-37-44-19-9-4-10-20-44)60(56(53)81)101-63-57(82)59(55(36-80)98-63)100-62-52(77-68(87)94-40-47-25-15-7-16-26-47)32-30-50(97-62)35-74-66(85)92-38-45-21-11-5-12-22-45/h4-32,49-63,80-82,90H,33-43H2,1-3H3,(H,73,84)(H,74,85)(H,75,83)(H,76,86)(H,77,87)(H,78,88)/t49-,50+,51+,52+,53+,54-,55+,56-,57+,58+,59+,60+,61+,62+,63-/m0/s1. The van der Waals surface area contributed by atoms with Crippen molar-refractivity contribution in [3.63, 3.8) is 0 Å². The van der Waals surface area contributed by atoms with Crippen LogP contribution in [0.3, 0.4) is 0 Å². The van der Waals surface area contributed by atoms with Crippen LogP contribution in [0.15, 0.2) is 176 Å². The summed E-state index contributed by atoms with van der Waals surface area (Å²) in [6.45, 7) is 1.94. The van der Waals surface area contributed by atoms with E-state index in [1.54, 1.807) is 160 Å². The lowest BCUT2D eigenvalue weighted by Gasteiger charge is -2.49. The molecule has 546 valence electrons. The number of likely N-dealkylation sites (tertiary alicyclic amines) is 1. The maximum absolute atomic E-state index is 14.4. The van der Waals surface area contributed by atoms with Crippen molar-refractivity contribution in [3.8, 4) is 0 Å². The van der Waals surface area contributed by atoms with Gasteiger partial charge in [0.15, 0.2) is 24.5 Å². The lowest BCUT2D eigenvalue weighted by atomic mass is 9.82. The van der Waals surface area contributed by atoms with E-state index in [1.165, 1.54) is 24.3 Å². The topological polar surface area (TPSA) is 387 Å². The summed E-state index contributed by atoms with van der Waals surface area (Å²) in [5.41, 5.74) is 0.204. The summed E-state index contributed by atoms with van der Waals surface area (Å²) in [5, 5.41) is 64.4. The summed E-state index contributed by atoms with van der Waals surface area (Å²) in [5.74, 6) is -1.07. The van der Waals surface area contributed by atoms with Crippen LogP contribution in [0, 0.1) is 0 Å². The van der Waals surface area contributed by atoms with E-state index in [4.69, 9.17) is 56.8 Å². The Balaban J connectivity index is 0.943. The SMILES string of the molecule is CC(C)(C)OC(=O)N1CC(O)(C(=O)N[C@@H]2C[C@H](NC(=O)OCc3ccccc3)[C@@H](O[C@H]3O[C@H](CNC(=O)OCc4ccccc4)C=C[C@H]3NC(=O)OCc3ccccc3)[C@H](O[C@@H]3O[C@H](CO)[C@@H](O[C@H]4O[C@@H](CNC(=O)OCc5ccccc5)C=C[C@H]4NC(=O)OCc4ccccc4)[C@H]3O)[C@H]2O)C1. The van der Waals surface area contributed by atoms with E-state index in [9.17, 15) is 54.0 Å². The molecular weight excluding hydrogens is 1330 g/mol. The van der Waals surface area contributed by atoms with E-state index in [2.05, 4.69) is 31.9 Å². The Morgan fingerprint density at radius 2 is 0.853 bits per heavy atom. The van der Waals surface area contributed by atoms with Crippen LogP contribution in [0.4, 0.5) is 28.8 Å². The predicted octanol–water partition coefficient (Wildman–Crippen LogP) is 4.75. The molecule has 7 amide bonds. The fourth-order valence-corrected chi connectivity index (χ4v) is 11.5. The van der Waals surface area contributed by atoms with Crippen LogP contribution in [-0.4, -0.2) is 204 Å². The van der Waals surface area contributed by atoms with Crippen LogP contribution in [0.2, 0.25) is 0 Å². The number of aliphatic hydroxyl groups is 4. The number of nitrogens with zero attached hydrogens (tertiary/aromatic N) is 1. The Morgan fingerprint density at radius 3 is 1.25 bits per heavy atom. The first kappa shape index (κ1) is 74.9. The highest BCUT2D eigenvalue weighted by Crippen LogP contribution is 2.36. The Morgan fingerprint density at radius 1 is 0.471 bits per heavy atom. The monoisotopic (exact) mass is 1420 g/mol. The summed E-state index contributed by atoms with van der Waals surface area (Å²) < 4.78 is 72.2. The Labute approximate surface area is 587 Å². The van der Waals surface area contributed by atoms with E-state index < -0.39 is 172 Å². The van der Waals surface area contributed by atoms with Crippen molar-refractivity contribution in [1.29, 1.82) is 0 Å².